The van der Waals surface area contributed by atoms with E-state index in [2.05, 4.69) is 67.2 Å². The quantitative estimate of drug-likeness (QED) is 0.209. The Morgan fingerprint density at radius 1 is 1.36 bits per heavy atom. The zero-order chi connectivity index (χ0) is 21.3. The summed E-state index contributed by atoms with van der Waals surface area (Å²) in [5, 5.41) is 0.0914. The average molecular weight is 463 g/mol. The van der Waals surface area contributed by atoms with Gasteiger partial charge in [0.15, 0.2) is 0 Å². The van der Waals surface area contributed by atoms with Crippen LogP contribution in [-0.4, -0.2) is 52.0 Å². The molecule has 1 aliphatic rings. The molecule has 1 amide bonds. The van der Waals surface area contributed by atoms with E-state index in [1.807, 2.05) is 44.2 Å². The van der Waals surface area contributed by atoms with Gasteiger partial charge in [0.25, 0.3) is 0 Å². The van der Waals surface area contributed by atoms with E-state index in [0.29, 0.717) is 4.73 Å². The van der Waals surface area contributed by atoms with Crippen molar-refractivity contribution < 1.29 is 9.22 Å². The SMILES string of the molecule is C=C=C[C@@H]1[C@@H]([C@@H](C)O[Si](C)(C)C(C)(C)C)C(=O)N1C([Se])=Nc1ccc(C)cc1. The molecule has 6 heteroatoms. The molecule has 151 valence electrons. The molecule has 0 saturated carbocycles. The third-order valence-electron chi connectivity index (χ3n) is 5.73. The van der Waals surface area contributed by atoms with Crippen molar-refractivity contribution in [1.82, 2.24) is 4.90 Å². The number of β-lactam (4-membered cyclic amide) rings is 1. The number of aryl methyl sites for hydroxylation is 1. The van der Waals surface area contributed by atoms with Gasteiger partial charge in [0.05, 0.1) is 0 Å². The monoisotopic (exact) mass is 463 g/mol. The number of hydrogen-bond donors (Lipinski definition) is 0. The van der Waals surface area contributed by atoms with E-state index < -0.39 is 8.32 Å². The van der Waals surface area contributed by atoms with Crippen LogP contribution in [0, 0.1) is 12.8 Å². The second-order valence-electron chi connectivity index (χ2n) is 8.91. The first-order chi connectivity index (χ1) is 12.9. The Kier molecular flexibility index (Phi) is 6.96. The molecule has 1 aliphatic heterocycles. The van der Waals surface area contributed by atoms with Gasteiger partial charge in [0.2, 0.25) is 0 Å². The summed E-state index contributed by atoms with van der Waals surface area (Å²) in [6.07, 6.45) is 1.66. The summed E-state index contributed by atoms with van der Waals surface area (Å²) in [4.78, 5) is 19.3. The molecule has 0 N–H and O–H groups in total. The van der Waals surface area contributed by atoms with Crippen molar-refractivity contribution >= 4 is 40.7 Å². The summed E-state index contributed by atoms with van der Waals surface area (Å²) in [5.74, 6) is -0.229. The van der Waals surface area contributed by atoms with Crippen LogP contribution < -0.4 is 0 Å². The second-order valence-corrected chi connectivity index (χ2v) is 14.4. The Labute approximate surface area is 178 Å². The summed E-state index contributed by atoms with van der Waals surface area (Å²) in [6, 6.07) is 7.73. The van der Waals surface area contributed by atoms with Crippen molar-refractivity contribution in [2.24, 2.45) is 10.9 Å². The van der Waals surface area contributed by atoms with Crippen molar-refractivity contribution in [3.05, 3.63) is 48.2 Å². The molecule has 2 rings (SSSR count). The molecule has 1 saturated heterocycles. The molecule has 0 unspecified atom stereocenters. The zero-order valence-corrected chi connectivity index (χ0v) is 20.7. The Morgan fingerprint density at radius 3 is 2.43 bits per heavy atom. The molecule has 1 radical (unpaired) electrons. The average Bonchev–Trinajstić information content (AvgIpc) is 2.55. The fourth-order valence-electron chi connectivity index (χ4n) is 3.03. The van der Waals surface area contributed by atoms with E-state index in [1.165, 1.54) is 5.56 Å². The molecular weight excluding hydrogens is 431 g/mol. The first-order valence-corrected chi connectivity index (χ1v) is 13.3. The third kappa shape index (κ3) is 4.76. The number of nitrogens with zero attached hydrogens (tertiary/aromatic N) is 2. The molecular formula is C22H31N2O2SeSi. The van der Waals surface area contributed by atoms with Crippen LogP contribution in [0.4, 0.5) is 5.69 Å². The molecule has 0 spiro atoms. The van der Waals surface area contributed by atoms with Gasteiger partial charge in [0.1, 0.15) is 0 Å². The van der Waals surface area contributed by atoms with Gasteiger partial charge < -0.3 is 0 Å². The number of carbonyl (C=O) groups excluding carboxylic acids is 1. The summed E-state index contributed by atoms with van der Waals surface area (Å²) in [7, 11) is -1.97. The minimum atomic E-state index is -1.97. The van der Waals surface area contributed by atoms with Gasteiger partial charge in [-0.25, -0.2) is 0 Å². The number of amides is 1. The second kappa shape index (κ2) is 8.52. The van der Waals surface area contributed by atoms with Gasteiger partial charge >= 0.3 is 179 Å². The van der Waals surface area contributed by atoms with Gasteiger partial charge in [-0.3, -0.25) is 0 Å². The summed E-state index contributed by atoms with van der Waals surface area (Å²) < 4.78 is 7.04. The Hall–Kier alpha value is -1.42. The summed E-state index contributed by atoms with van der Waals surface area (Å²) >= 11 is 2.95. The number of carbonyl (C=O) groups is 1. The number of hydrogen-bond acceptors (Lipinski definition) is 3. The molecule has 4 nitrogen and oxygen atoms in total. The molecule has 1 heterocycles. The van der Waals surface area contributed by atoms with E-state index in [-0.39, 0.29) is 29.0 Å². The topological polar surface area (TPSA) is 41.9 Å². The molecule has 1 fully saturated rings. The van der Waals surface area contributed by atoms with Crippen LogP contribution in [-0.2, 0) is 9.22 Å². The van der Waals surface area contributed by atoms with Crippen LogP contribution in [0.1, 0.15) is 33.3 Å². The van der Waals surface area contributed by atoms with Crippen LogP contribution in [0.2, 0.25) is 18.1 Å². The van der Waals surface area contributed by atoms with Crippen molar-refractivity contribution in [3.8, 4) is 0 Å². The van der Waals surface area contributed by atoms with Crippen LogP contribution in [0.5, 0.6) is 0 Å². The summed E-state index contributed by atoms with van der Waals surface area (Å²) in [5.41, 5.74) is 4.82. The van der Waals surface area contributed by atoms with Crippen molar-refractivity contribution in [1.29, 1.82) is 0 Å². The third-order valence-corrected chi connectivity index (χ3v) is 10.9. The Balaban J connectivity index is 2.23. The van der Waals surface area contributed by atoms with E-state index in [9.17, 15) is 4.79 Å². The molecule has 1 aromatic carbocycles. The van der Waals surface area contributed by atoms with Gasteiger partial charge in [-0.1, -0.05) is 0 Å². The zero-order valence-electron chi connectivity index (χ0n) is 17.9. The molecule has 0 aromatic heterocycles. The van der Waals surface area contributed by atoms with Gasteiger partial charge in [-0.15, -0.1) is 0 Å². The minimum absolute atomic E-state index is 0.0207. The molecule has 3 atom stereocenters. The Bertz CT molecular complexity index is 805. The van der Waals surface area contributed by atoms with Crippen LogP contribution in [0.25, 0.3) is 0 Å². The number of benzene rings is 1. The number of rotatable bonds is 5. The van der Waals surface area contributed by atoms with Crippen LogP contribution >= 0.6 is 0 Å². The van der Waals surface area contributed by atoms with E-state index in [4.69, 9.17) is 4.43 Å². The van der Waals surface area contributed by atoms with Gasteiger partial charge in [0, 0.05) is 0 Å². The molecule has 0 bridgehead atoms. The van der Waals surface area contributed by atoms with Gasteiger partial charge in [-0.2, -0.15) is 0 Å². The normalized spacial score (nSPS) is 21.8. The predicted octanol–water partition coefficient (Wildman–Crippen LogP) is 4.73. The maximum atomic E-state index is 13.0. The van der Waals surface area contributed by atoms with E-state index >= 15 is 0 Å². The maximum absolute atomic E-state index is 13.0. The molecule has 0 aliphatic carbocycles. The van der Waals surface area contributed by atoms with Crippen LogP contribution in [0.15, 0.2) is 47.6 Å². The number of aliphatic imine (C=N–C) groups is 1. The van der Waals surface area contributed by atoms with Crippen LogP contribution in [0.3, 0.4) is 0 Å². The first-order valence-electron chi connectivity index (χ1n) is 9.58. The Morgan fingerprint density at radius 2 is 1.93 bits per heavy atom. The number of likely N-dealkylation sites (tertiary alicyclic amines) is 1. The molecule has 28 heavy (non-hydrogen) atoms. The summed E-state index contributed by atoms with van der Waals surface area (Å²) in [6.45, 7) is 18.8. The standard InChI is InChI=1S/C22H31N2O2SeSi/c1-9-10-18-19(16(3)26-28(7,8)22(4,5)6)20(25)24(18)21(27)23-17-13-11-15(2)12-14-17/h10-14,16,18-19H,1H2,2-8H3/t16-,18-,19-/m1/s1. The van der Waals surface area contributed by atoms with Crippen molar-refractivity contribution in [2.75, 3.05) is 0 Å². The number of amidine groups is 1. The van der Waals surface area contributed by atoms with Crippen molar-refractivity contribution in [3.63, 3.8) is 0 Å². The van der Waals surface area contributed by atoms with E-state index in [0.717, 1.165) is 5.69 Å². The van der Waals surface area contributed by atoms with E-state index in [1.54, 1.807) is 4.90 Å². The first kappa shape index (κ1) is 22.9. The fraction of sp³-hybridized carbons (Fsp3) is 0.500. The van der Waals surface area contributed by atoms with Gasteiger partial charge in [-0.05, 0) is 0 Å². The predicted molar refractivity (Wildman–Crippen MR) is 120 cm³/mol. The fourth-order valence-corrected chi connectivity index (χ4v) is 5.12. The molecule has 1 aromatic rings. The van der Waals surface area contributed by atoms with Crippen molar-refractivity contribution in [2.45, 2.75) is 64.9 Å².